The van der Waals surface area contributed by atoms with Crippen LogP contribution in [0.15, 0.2) is 60.7 Å². The molecule has 0 spiro atoms. The number of para-hydroxylation sites is 2. The summed E-state index contributed by atoms with van der Waals surface area (Å²) < 4.78 is 5.67. The Hall–Kier alpha value is -2.78. The highest BCUT2D eigenvalue weighted by molar-refractivity contribution is 7.71. The van der Waals surface area contributed by atoms with E-state index in [1.54, 1.807) is 0 Å². The topological polar surface area (TPSA) is 47.9 Å². The summed E-state index contributed by atoms with van der Waals surface area (Å²) in [4.78, 5) is 4.93. The third-order valence-corrected chi connectivity index (χ3v) is 7.66. The van der Waals surface area contributed by atoms with Crippen LogP contribution in [-0.2, 0) is 13.1 Å². The standard InChI is InChI=1S/C28H36N6S2/c1-5-31(6-2)17-18-32(19-25-21(3)29-33(27(25)35)23-13-9-7-10-14-23)20-26-22(4)30-34(28(26)36)24-15-11-8-12-16-24/h7-16,29-30H,5-6,17-20H2,1-4H3. The second kappa shape index (κ2) is 12.0. The number of likely N-dealkylation sites (N-methyl/N-ethyl adjacent to an activating group) is 1. The van der Waals surface area contributed by atoms with Gasteiger partial charge in [-0.25, -0.2) is 9.36 Å². The number of rotatable bonds is 11. The van der Waals surface area contributed by atoms with Gasteiger partial charge in [0.05, 0.1) is 11.4 Å². The first-order chi connectivity index (χ1) is 17.4. The third-order valence-electron chi connectivity index (χ3n) is 6.81. The molecule has 0 unspecified atom stereocenters. The number of nitrogens with one attached hydrogen (secondary N) is 2. The van der Waals surface area contributed by atoms with Crippen molar-refractivity contribution < 1.29 is 0 Å². The fourth-order valence-corrected chi connectivity index (χ4v) is 5.27. The molecule has 2 aromatic carbocycles. The van der Waals surface area contributed by atoms with E-state index in [1.807, 2.05) is 45.8 Å². The van der Waals surface area contributed by atoms with Crippen LogP contribution in [0.1, 0.15) is 36.4 Å². The molecule has 0 radical (unpaired) electrons. The van der Waals surface area contributed by atoms with Crippen LogP contribution in [0.4, 0.5) is 0 Å². The third kappa shape index (κ3) is 5.78. The summed E-state index contributed by atoms with van der Waals surface area (Å²) in [5, 5.41) is 6.96. The average molecular weight is 521 g/mol. The minimum absolute atomic E-state index is 0.757. The lowest BCUT2D eigenvalue weighted by molar-refractivity contribution is 0.201. The number of hydrogen-bond donors (Lipinski definition) is 2. The van der Waals surface area contributed by atoms with Crippen LogP contribution in [0, 0.1) is 23.1 Å². The Morgan fingerprint density at radius 2 is 1.03 bits per heavy atom. The highest BCUT2D eigenvalue weighted by Gasteiger charge is 2.18. The number of aromatic amines is 2. The van der Waals surface area contributed by atoms with Crippen molar-refractivity contribution in [1.82, 2.24) is 29.4 Å². The number of nitrogens with zero attached hydrogens (tertiary/aromatic N) is 4. The van der Waals surface area contributed by atoms with Gasteiger partial charge in [-0.05, 0) is 51.2 Å². The van der Waals surface area contributed by atoms with Crippen molar-refractivity contribution in [3.05, 3.63) is 92.5 Å². The van der Waals surface area contributed by atoms with E-state index in [0.29, 0.717) is 0 Å². The molecule has 4 rings (SSSR count). The van der Waals surface area contributed by atoms with Crippen LogP contribution in [0.25, 0.3) is 11.4 Å². The van der Waals surface area contributed by atoms with Crippen molar-refractivity contribution in [1.29, 1.82) is 0 Å². The molecule has 0 aliphatic rings. The molecule has 0 aliphatic heterocycles. The molecule has 2 N–H and O–H groups in total. The Bertz CT molecular complexity index is 1280. The van der Waals surface area contributed by atoms with E-state index in [2.05, 4.69) is 72.0 Å². The van der Waals surface area contributed by atoms with Gasteiger partial charge in [0.25, 0.3) is 0 Å². The predicted octanol–water partition coefficient (Wildman–Crippen LogP) is 6.34. The van der Waals surface area contributed by atoms with E-state index in [1.165, 1.54) is 0 Å². The van der Waals surface area contributed by atoms with Crippen LogP contribution in [0.2, 0.25) is 0 Å². The average Bonchev–Trinajstić information content (AvgIpc) is 3.35. The van der Waals surface area contributed by atoms with Crippen LogP contribution in [0.5, 0.6) is 0 Å². The first-order valence-electron chi connectivity index (χ1n) is 12.6. The van der Waals surface area contributed by atoms with Gasteiger partial charge in [0.15, 0.2) is 0 Å². The molecule has 2 aromatic heterocycles. The Morgan fingerprint density at radius 3 is 1.42 bits per heavy atom. The quantitative estimate of drug-likeness (QED) is 0.227. The largest absolute Gasteiger partial charge is 0.303 e. The zero-order valence-corrected chi connectivity index (χ0v) is 23.3. The first kappa shape index (κ1) is 26.3. The molecular weight excluding hydrogens is 484 g/mol. The number of aromatic nitrogens is 4. The van der Waals surface area contributed by atoms with E-state index >= 15 is 0 Å². The van der Waals surface area contributed by atoms with Gasteiger partial charge >= 0.3 is 0 Å². The molecule has 2 heterocycles. The van der Waals surface area contributed by atoms with Crippen molar-refractivity contribution in [2.24, 2.45) is 0 Å². The zero-order valence-electron chi connectivity index (χ0n) is 21.6. The fourth-order valence-electron chi connectivity index (χ4n) is 4.54. The van der Waals surface area contributed by atoms with Crippen LogP contribution >= 0.6 is 24.4 Å². The van der Waals surface area contributed by atoms with Gasteiger partial charge in [-0.3, -0.25) is 15.1 Å². The molecule has 8 heteroatoms. The Kier molecular flexibility index (Phi) is 8.74. The second-order valence-electron chi connectivity index (χ2n) is 9.12. The van der Waals surface area contributed by atoms with Gasteiger partial charge < -0.3 is 4.90 Å². The molecule has 4 aromatic rings. The van der Waals surface area contributed by atoms with Gasteiger partial charge in [-0.1, -0.05) is 74.7 Å². The normalized spacial score (nSPS) is 11.6. The van der Waals surface area contributed by atoms with E-state index in [4.69, 9.17) is 24.4 Å². The Balaban J connectivity index is 1.65. The van der Waals surface area contributed by atoms with E-state index in [9.17, 15) is 0 Å². The maximum Gasteiger partial charge on any atom is 0.132 e. The lowest BCUT2D eigenvalue weighted by Crippen LogP contribution is -2.34. The fraction of sp³-hybridized carbons (Fsp3) is 0.357. The number of aryl methyl sites for hydroxylation is 2. The van der Waals surface area contributed by atoms with Crippen LogP contribution < -0.4 is 0 Å². The highest BCUT2D eigenvalue weighted by atomic mass is 32.1. The molecule has 0 saturated carbocycles. The van der Waals surface area contributed by atoms with Gasteiger partial charge in [0, 0.05) is 48.7 Å². The van der Waals surface area contributed by atoms with Crippen LogP contribution in [0.3, 0.4) is 0 Å². The number of hydrogen-bond acceptors (Lipinski definition) is 4. The summed E-state index contributed by atoms with van der Waals surface area (Å²) in [6, 6.07) is 20.5. The summed E-state index contributed by atoms with van der Waals surface area (Å²) in [7, 11) is 0. The summed E-state index contributed by atoms with van der Waals surface area (Å²) in [6.07, 6.45) is 0. The Morgan fingerprint density at radius 1 is 0.639 bits per heavy atom. The summed E-state index contributed by atoms with van der Waals surface area (Å²) in [5.41, 5.74) is 6.60. The molecule has 190 valence electrons. The molecule has 0 saturated heterocycles. The number of H-pyrrole nitrogens is 2. The van der Waals surface area contributed by atoms with E-state index in [-0.39, 0.29) is 0 Å². The predicted molar refractivity (Wildman–Crippen MR) is 153 cm³/mol. The van der Waals surface area contributed by atoms with E-state index < -0.39 is 0 Å². The van der Waals surface area contributed by atoms with Crippen molar-refractivity contribution in [3.8, 4) is 11.4 Å². The van der Waals surface area contributed by atoms with Gasteiger partial charge in [-0.15, -0.1) is 0 Å². The summed E-state index contributed by atoms with van der Waals surface area (Å²) >= 11 is 11.9. The SMILES string of the molecule is CCN(CC)CCN(Cc1c(C)[nH]n(-c2ccccc2)c1=S)Cc1c(C)[nH]n(-c2ccccc2)c1=S. The van der Waals surface area contributed by atoms with Crippen LogP contribution in [-0.4, -0.2) is 55.5 Å². The highest BCUT2D eigenvalue weighted by Crippen LogP contribution is 2.21. The maximum absolute atomic E-state index is 5.94. The van der Waals surface area contributed by atoms with Crippen molar-refractivity contribution >= 4 is 24.4 Å². The molecule has 0 aliphatic carbocycles. The lowest BCUT2D eigenvalue weighted by atomic mass is 10.2. The van der Waals surface area contributed by atoms with Crippen molar-refractivity contribution in [2.75, 3.05) is 26.2 Å². The smallest absolute Gasteiger partial charge is 0.132 e. The molecule has 0 bridgehead atoms. The summed E-state index contributed by atoms with van der Waals surface area (Å²) in [5.74, 6) is 0. The monoisotopic (exact) mass is 520 g/mol. The lowest BCUT2D eigenvalue weighted by Gasteiger charge is -2.26. The first-order valence-corrected chi connectivity index (χ1v) is 13.4. The maximum atomic E-state index is 5.94. The van der Waals surface area contributed by atoms with Gasteiger partial charge in [-0.2, -0.15) is 0 Å². The molecule has 0 amide bonds. The molecule has 0 atom stereocenters. The van der Waals surface area contributed by atoms with Gasteiger partial charge in [0.2, 0.25) is 0 Å². The minimum Gasteiger partial charge on any atom is -0.303 e. The van der Waals surface area contributed by atoms with E-state index in [0.717, 1.165) is 82.4 Å². The molecule has 36 heavy (non-hydrogen) atoms. The zero-order chi connectivity index (χ0) is 25.7. The second-order valence-corrected chi connectivity index (χ2v) is 9.89. The summed E-state index contributed by atoms with van der Waals surface area (Å²) in [6.45, 7) is 14.2. The number of benzene rings is 2. The molecule has 6 nitrogen and oxygen atoms in total. The van der Waals surface area contributed by atoms with Gasteiger partial charge in [0.1, 0.15) is 9.28 Å². The van der Waals surface area contributed by atoms with Crippen molar-refractivity contribution in [3.63, 3.8) is 0 Å². The molecular formula is C28H36N6S2. The molecule has 0 fully saturated rings. The Labute approximate surface area is 224 Å². The van der Waals surface area contributed by atoms with Crippen molar-refractivity contribution in [2.45, 2.75) is 40.8 Å². The minimum atomic E-state index is 0.757.